The minimum Gasteiger partial charge on any atom is -0.340 e. The third-order valence-corrected chi connectivity index (χ3v) is 4.77. The molecule has 0 aromatic heterocycles. The quantitative estimate of drug-likeness (QED) is 0.892. The van der Waals surface area contributed by atoms with E-state index in [1.54, 1.807) is 4.90 Å². The lowest BCUT2D eigenvalue weighted by atomic mass is 10.1. The fourth-order valence-electron chi connectivity index (χ4n) is 3.26. The van der Waals surface area contributed by atoms with Gasteiger partial charge >= 0.3 is 0 Å². The molecule has 1 saturated heterocycles. The van der Waals surface area contributed by atoms with Crippen LogP contribution in [0, 0.1) is 18.6 Å². The molecule has 4 nitrogen and oxygen atoms in total. The Morgan fingerprint density at radius 3 is 2.44 bits per heavy atom. The fraction of sp³-hybridized carbons (Fsp3) is 0.333. The van der Waals surface area contributed by atoms with Gasteiger partial charge in [0.2, 0.25) is 5.91 Å². The van der Waals surface area contributed by atoms with Crippen LogP contribution >= 0.6 is 0 Å². The molecule has 1 N–H and O–H groups in total. The van der Waals surface area contributed by atoms with Crippen LogP contribution in [0.3, 0.4) is 0 Å². The van der Waals surface area contributed by atoms with Crippen molar-refractivity contribution in [1.82, 2.24) is 10.2 Å². The van der Waals surface area contributed by atoms with Gasteiger partial charge in [0.25, 0.3) is 5.91 Å². The molecule has 2 aromatic rings. The third kappa shape index (κ3) is 4.51. The molecule has 0 saturated carbocycles. The number of nitrogens with zero attached hydrogens (tertiary/aromatic N) is 1. The summed E-state index contributed by atoms with van der Waals surface area (Å²) in [5, 5.41) is 2.52. The number of carbonyl (C=O) groups excluding carboxylic acids is 2. The lowest BCUT2D eigenvalue weighted by molar-refractivity contribution is -0.133. The van der Waals surface area contributed by atoms with Crippen LogP contribution in [0.4, 0.5) is 8.78 Å². The Kier molecular flexibility index (Phi) is 5.84. The maximum Gasteiger partial charge on any atom is 0.257 e. The Labute approximate surface area is 157 Å². The summed E-state index contributed by atoms with van der Waals surface area (Å²) in [6.45, 7) is 3.03. The largest absolute Gasteiger partial charge is 0.340 e. The van der Waals surface area contributed by atoms with Gasteiger partial charge in [-0.3, -0.25) is 9.59 Å². The number of aryl methyl sites for hydroxylation is 1. The van der Waals surface area contributed by atoms with Crippen LogP contribution < -0.4 is 5.32 Å². The highest BCUT2D eigenvalue weighted by molar-refractivity contribution is 5.98. The Hall–Kier alpha value is -2.76. The molecule has 1 unspecified atom stereocenters. The molecule has 1 fully saturated rings. The summed E-state index contributed by atoms with van der Waals surface area (Å²) >= 11 is 0. The predicted octanol–water partition coefficient (Wildman–Crippen LogP) is 3.58. The Morgan fingerprint density at radius 1 is 1.11 bits per heavy atom. The molecule has 6 heteroatoms. The second-order valence-electron chi connectivity index (χ2n) is 6.86. The number of hydrogen-bond acceptors (Lipinski definition) is 2. The molecule has 0 spiro atoms. The molecule has 0 bridgehead atoms. The van der Waals surface area contributed by atoms with Crippen molar-refractivity contribution in [3.05, 3.63) is 70.8 Å². The first-order chi connectivity index (χ1) is 13.0. The van der Waals surface area contributed by atoms with E-state index in [2.05, 4.69) is 5.32 Å². The summed E-state index contributed by atoms with van der Waals surface area (Å²) in [4.78, 5) is 26.9. The SMILES string of the molecule is Cc1ccc(CN2CCCCC(NC(=O)c3c(F)cccc3F)C2=O)cc1. The van der Waals surface area contributed by atoms with Crippen LogP contribution in [0.25, 0.3) is 0 Å². The number of halogens is 2. The molecule has 0 aliphatic carbocycles. The molecular formula is C21H22F2N2O2. The topological polar surface area (TPSA) is 49.4 Å². The maximum absolute atomic E-state index is 13.8. The lowest BCUT2D eigenvalue weighted by Gasteiger charge is -2.25. The maximum atomic E-state index is 13.8. The van der Waals surface area contributed by atoms with Crippen LogP contribution in [-0.2, 0) is 11.3 Å². The van der Waals surface area contributed by atoms with E-state index in [4.69, 9.17) is 0 Å². The summed E-state index contributed by atoms with van der Waals surface area (Å²) in [6, 6.07) is 10.4. The van der Waals surface area contributed by atoms with Gasteiger partial charge in [-0.25, -0.2) is 8.78 Å². The molecule has 142 valence electrons. The smallest absolute Gasteiger partial charge is 0.257 e. The summed E-state index contributed by atoms with van der Waals surface area (Å²) < 4.78 is 27.7. The van der Waals surface area contributed by atoms with Gasteiger partial charge in [0.15, 0.2) is 0 Å². The van der Waals surface area contributed by atoms with Gasteiger partial charge in [0.1, 0.15) is 23.2 Å². The highest BCUT2D eigenvalue weighted by Crippen LogP contribution is 2.18. The molecule has 2 aromatic carbocycles. The minimum atomic E-state index is -0.940. The number of carbonyl (C=O) groups is 2. The zero-order valence-electron chi connectivity index (χ0n) is 15.2. The van der Waals surface area contributed by atoms with Crippen LogP contribution in [0.15, 0.2) is 42.5 Å². The first kappa shape index (κ1) is 19.0. The second kappa shape index (κ2) is 8.29. The van der Waals surface area contributed by atoms with Crippen molar-refractivity contribution in [2.75, 3.05) is 6.54 Å². The molecule has 3 rings (SSSR count). The highest BCUT2D eigenvalue weighted by atomic mass is 19.1. The average Bonchev–Trinajstić information content (AvgIpc) is 2.79. The molecule has 1 aliphatic rings. The lowest BCUT2D eigenvalue weighted by Crippen LogP contribution is -2.47. The molecule has 1 atom stereocenters. The number of amides is 2. The van der Waals surface area contributed by atoms with Crippen LogP contribution in [0.2, 0.25) is 0 Å². The van der Waals surface area contributed by atoms with Crippen molar-refractivity contribution in [3.8, 4) is 0 Å². The van der Waals surface area contributed by atoms with Crippen molar-refractivity contribution in [3.63, 3.8) is 0 Å². The normalized spacial score (nSPS) is 17.5. The van der Waals surface area contributed by atoms with Crippen molar-refractivity contribution in [2.45, 2.75) is 38.8 Å². The molecular weight excluding hydrogens is 350 g/mol. The first-order valence-electron chi connectivity index (χ1n) is 9.05. The summed E-state index contributed by atoms with van der Waals surface area (Å²) in [7, 11) is 0. The number of likely N-dealkylation sites (tertiary alicyclic amines) is 1. The molecule has 2 amide bonds. The average molecular weight is 372 g/mol. The number of hydrogen-bond donors (Lipinski definition) is 1. The van der Waals surface area contributed by atoms with Gasteiger partial charge in [-0.1, -0.05) is 35.9 Å². The van der Waals surface area contributed by atoms with Gasteiger partial charge in [-0.05, 0) is 43.9 Å². The highest BCUT2D eigenvalue weighted by Gasteiger charge is 2.30. The zero-order chi connectivity index (χ0) is 19.4. The van der Waals surface area contributed by atoms with E-state index in [9.17, 15) is 18.4 Å². The predicted molar refractivity (Wildman–Crippen MR) is 98.1 cm³/mol. The van der Waals surface area contributed by atoms with E-state index >= 15 is 0 Å². The van der Waals surface area contributed by atoms with Gasteiger partial charge in [-0.15, -0.1) is 0 Å². The van der Waals surface area contributed by atoms with E-state index in [-0.39, 0.29) is 5.91 Å². The Bertz CT molecular complexity index is 816. The van der Waals surface area contributed by atoms with Crippen molar-refractivity contribution < 1.29 is 18.4 Å². The standard InChI is InChI=1S/C21H22F2N2O2/c1-14-8-10-15(11-9-14)13-25-12-3-2-7-18(21(25)27)24-20(26)19-16(22)5-4-6-17(19)23/h4-6,8-11,18H,2-3,7,12-13H2,1H3,(H,24,26). The Morgan fingerprint density at radius 2 is 1.78 bits per heavy atom. The van der Waals surface area contributed by atoms with E-state index < -0.39 is 29.1 Å². The van der Waals surface area contributed by atoms with Crippen molar-refractivity contribution in [1.29, 1.82) is 0 Å². The van der Waals surface area contributed by atoms with Crippen molar-refractivity contribution >= 4 is 11.8 Å². The van der Waals surface area contributed by atoms with Gasteiger partial charge in [0.05, 0.1) is 0 Å². The van der Waals surface area contributed by atoms with E-state index in [1.165, 1.54) is 6.07 Å². The van der Waals surface area contributed by atoms with Crippen LogP contribution in [-0.4, -0.2) is 29.3 Å². The molecule has 0 radical (unpaired) electrons. The summed E-state index contributed by atoms with van der Waals surface area (Å²) in [5.74, 6) is -3.01. The van der Waals surface area contributed by atoms with E-state index in [1.807, 2.05) is 31.2 Å². The van der Waals surface area contributed by atoms with Gasteiger partial charge < -0.3 is 10.2 Å². The van der Waals surface area contributed by atoms with Gasteiger partial charge in [0, 0.05) is 13.1 Å². The summed E-state index contributed by atoms with van der Waals surface area (Å²) in [5.41, 5.74) is 1.48. The minimum absolute atomic E-state index is 0.224. The number of nitrogens with one attached hydrogen (secondary N) is 1. The van der Waals surface area contributed by atoms with E-state index in [0.29, 0.717) is 19.5 Å². The van der Waals surface area contributed by atoms with Gasteiger partial charge in [-0.2, -0.15) is 0 Å². The zero-order valence-corrected chi connectivity index (χ0v) is 15.2. The molecule has 1 heterocycles. The van der Waals surface area contributed by atoms with Crippen molar-refractivity contribution in [2.24, 2.45) is 0 Å². The van der Waals surface area contributed by atoms with Crippen LogP contribution in [0.1, 0.15) is 40.7 Å². The van der Waals surface area contributed by atoms with Crippen LogP contribution in [0.5, 0.6) is 0 Å². The summed E-state index contributed by atoms with van der Waals surface area (Å²) in [6.07, 6.45) is 2.02. The Balaban J connectivity index is 1.73. The number of benzene rings is 2. The molecule has 1 aliphatic heterocycles. The second-order valence-corrected chi connectivity index (χ2v) is 6.86. The van der Waals surface area contributed by atoms with E-state index in [0.717, 1.165) is 36.1 Å². The third-order valence-electron chi connectivity index (χ3n) is 4.77. The fourth-order valence-corrected chi connectivity index (χ4v) is 3.26. The monoisotopic (exact) mass is 372 g/mol. The molecule has 27 heavy (non-hydrogen) atoms. The number of rotatable bonds is 4. The first-order valence-corrected chi connectivity index (χ1v) is 9.05.